The third kappa shape index (κ3) is 3.23. The molecule has 106 valence electrons. The van der Waals surface area contributed by atoms with Crippen LogP contribution in [0, 0.1) is 0 Å². The van der Waals surface area contributed by atoms with Gasteiger partial charge in [-0.1, -0.05) is 35.7 Å². The second kappa shape index (κ2) is 5.97. The first-order valence-corrected chi connectivity index (χ1v) is 8.55. The summed E-state index contributed by atoms with van der Waals surface area (Å²) in [5, 5.41) is 0.323. The smallest absolute Gasteiger partial charge is 0.155 e. The highest BCUT2D eigenvalue weighted by Gasteiger charge is 2.36. The predicted molar refractivity (Wildman–Crippen MR) is 78.0 cm³/mol. The molecule has 2 unspecified atom stereocenters. The summed E-state index contributed by atoms with van der Waals surface area (Å²) in [4.78, 5) is 0. The van der Waals surface area contributed by atoms with Crippen LogP contribution in [0.3, 0.4) is 0 Å². The highest BCUT2D eigenvalue weighted by atomic mass is 35.5. The van der Waals surface area contributed by atoms with Gasteiger partial charge in [-0.25, -0.2) is 8.42 Å². The zero-order chi connectivity index (χ0) is 14.0. The molecule has 1 heterocycles. The fourth-order valence-corrected chi connectivity index (χ4v) is 4.87. The van der Waals surface area contributed by atoms with Gasteiger partial charge in [-0.05, 0) is 30.5 Å². The molecule has 19 heavy (non-hydrogen) atoms. The number of nitrogens with one attached hydrogen (secondary N) is 1. The van der Waals surface area contributed by atoms with Crippen LogP contribution in [0.2, 0.25) is 10.0 Å². The molecule has 2 rings (SSSR count). The zero-order valence-corrected chi connectivity index (χ0v) is 12.6. The molecule has 0 aromatic heterocycles. The minimum Gasteiger partial charge on any atom is -0.271 e. The first-order valence-electron chi connectivity index (χ1n) is 6.08. The molecule has 1 saturated heterocycles. The summed E-state index contributed by atoms with van der Waals surface area (Å²) in [7, 11) is -3.12. The minimum absolute atomic E-state index is 0.219. The van der Waals surface area contributed by atoms with Crippen molar-refractivity contribution < 1.29 is 8.42 Å². The lowest BCUT2D eigenvalue weighted by Crippen LogP contribution is -2.43. The lowest BCUT2D eigenvalue weighted by Gasteiger charge is -2.30. The fourth-order valence-electron chi connectivity index (χ4n) is 2.48. The Kier molecular flexibility index (Phi) is 4.74. The van der Waals surface area contributed by atoms with Gasteiger partial charge in [0.15, 0.2) is 9.84 Å². The standard InChI is InChI=1S/C12H16Cl2N2O2S/c13-9-5-4-8(7-10(9)14)12(16-15)11-3-1-2-6-19(11,17)18/h4-5,7,11-12,16H,1-3,6,15H2. The average Bonchev–Trinajstić information content (AvgIpc) is 2.36. The number of nitrogens with two attached hydrogens (primary N) is 1. The molecule has 1 aromatic rings. The van der Waals surface area contributed by atoms with Crippen LogP contribution in [-0.4, -0.2) is 19.4 Å². The van der Waals surface area contributed by atoms with E-state index in [4.69, 9.17) is 29.0 Å². The van der Waals surface area contributed by atoms with Gasteiger partial charge in [-0.15, -0.1) is 0 Å². The molecule has 1 aliphatic rings. The van der Waals surface area contributed by atoms with Gasteiger partial charge in [-0.2, -0.15) is 0 Å². The van der Waals surface area contributed by atoms with Crippen LogP contribution in [0.4, 0.5) is 0 Å². The van der Waals surface area contributed by atoms with Crippen molar-refractivity contribution in [3.63, 3.8) is 0 Å². The van der Waals surface area contributed by atoms with Crippen molar-refractivity contribution >= 4 is 33.0 Å². The maximum atomic E-state index is 12.2. The second-order valence-corrected chi connectivity index (χ2v) is 7.87. The van der Waals surface area contributed by atoms with Gasteiger partial charge in [0, 0.05) is 0 Å². The van der Waals surface area contributed by atoms with E-state index < -0.39 is 21.1 Å². The summed E-state index contributed by atoms with van der Waals surface area (Å²) in [5.74, 6) is 5.77. The third-order valence-corrected chi connectivity index (χ3v) is 6.51. The normalized spacial score (nSPS) is 24.1. The lowest BCUT2D eigenvalue weighted by atomic mass is 10.00. The van der Waals surface area contributed by atoms with Gasteiger partial charge in [0.1, 0.15) is 0 Å². The van der Waals surface area contributed by atoms with Crippen LogP contribution >= 0.6 is 23.2 Å². The van der Waals surface area contributed by atoms with E-state index in [1.54, 1.807) is 18.2 Å². The number of hydrogen-bond acceptors (Lipinski definition) is 4. The summed E-state index contributed by atoms with van der Waals surface area (Å²) in [6, 6.07) is 4.61. The SMILES string of the molecule is NNC(c1ccc(Cl)c(Cl)c1)C1CCCCS1(=O)=O. The summed E-state index contributed by atoms with van der Waals surface area (Å²) >= 11 is 11.8. The van der Waals surface area contributed by atoms with E-state index in [2.05, 4.69) is 5.43 Å². The highest BCUT2D eigenvalue weighted by Crippen LogP contribution is 2.33. The molecule has 2 atom stereocenters. The van der Waals surface area contributed by atoms with Crippen molar-refractivity contribution in [2.45, 2.75) is 30.6 Å². The van der Waals surface area contributed by atoms with Crippen molar-refractivity contribution in [3.05, 3.63) is 33.8 Å². The Morgan fingerprint density at radius 2 is 2.00 bits per heavy atom. The highest BCUT2D eigenvalue weighted by molar-refractivity contribution is 7.92. The monoisotopic (exact) mass is 322 g/mol. The van der Waals surface area contributed by atoms with Crippen molar-refractivity contribution in [2.24, 2.45) is 5.84 Å². The Morgan fingerprint density at radius 3 is 2.58 bits per heavy atom. The topological polar surface area (TPSA) is 72.2 Å². The maximum Gasteiger partial charge on any atom is 0.155 e. The van der Waals surface area contributed by atoms with Crippen molar-refractivity contribution in [3.8, 4) is 0 Å². The van der Waals surface area contributed by atoms with Crippen LogP contribution < -0.4 is 11.3 Å². The van der Waals surface area contributed by atoms with Crippen LogP contribution in [0.1, 0.15) is 30.9 Å². The Morgan fingerprint density at radius 1 is 1.26 bits per heavy atom. The molecule has 0 amide bonds. The van der Waals surface area contributed by atoms with E-state index in [-0.39, 0.29) is 5.75 Å². The van der Waals surface area contributed by atoms with E-state index in [9.17, 15) is 8.42 Å². The molecule has 0 saturated carbocycles. The Hall–Kier alpha value is -0.330. The quantitative estimate of drug-likeness (QED) is 0.662. The molecule has 0 bridgehead atoms. The molecule has 0 radical (unpaired) electrons. The molecular formula is C12H16Cl2N2O2S. The largest absolute Gasteiger partial charge is 0.271 e. The molecule has 0 aliphatic carbocycles. The molecule has 0 spiro atoms. The molecule has 7 heteroatoms. The van der Waals surface area contributed by atoms with Crippen LogP contribution in [-0.2, 0) is 9.84 Å². The lowest BCUT2D eigenvalue weighted by molar-refractivity contribution is 0.454. The maximum absolute atomic E-state index is 12.2. The number of sulfone groups is 1. The van der Waals surface area contributed by atoms with Gasteiger partial charge in [0.05, 0.1) is 27.1 Å². The number of hydrazine groups is 1. The number of rotatable bonds is 3. The van der Waals surface area contributed by atoms with Crippen LogP contribution in [0.25, 0.3) is 0 Å². The number of halogens is 2. The van der Waals surface area contributed by atoms with E-state index in [1.807, 2.05) is 0 Å². The van der Waals surface area contributed by atoms with E-state index in [1.165, 1.54) is 0 Å². The fraction of sp³-hybridized carbons (Fsp3) is 0.500. The van der Waals surface area contributed by atoms with Crippen LogP contribution in [0.5, 0.6) is 0 Å². The Labute approximate surface area is 123 Å². The Bertz CT molecular complexity index is 563. The van der Waals surface area contributed by atoms with Gasteiger partial charge < -0.3 is 0 Å². The molecule has 3 N–H and O–H groups in total. The predicted octanol–water partition coefficient (Wildman–Crippen LogP) is 2.47. The molecule has 1 aliphatic heterocycles. The molecule has 4 nitrogen and oxygen atoms in total. The Balaban J connectivity index is 2.36. The first-order chi connectivity index (χ1) is 8.95. The zero-order valence-electron chi connectivity index (χ0n) is 10.3. The third-order valence-electron chi connectivity index (χ3n) is 3.48. The average molecular weight is 323 g/mol. The molecular weight excluding hydrogens is 307 g/mol. The van der Waals surface area contributed by atoms with Crippen molar-refractivity contribution in [1.82, 2.24) is 5.43 Å². The van der Waals surface area contributed by atoms with Crippen molar-refractivity contribution in [1.29, 1.82) is 0 Å². The van der Waals surface area contributed by atoms with Gasteiger partial charge in [0.25, 0.3) is 0 Å². The van der Waals surface area contributed by atoms with E-state index in [0.717, 1.165) is 18.4 Å². The van der Waals surface area contributed by atoms with Crippen LogP contribution in [0.15, 0.2) is 18.2 Å². The van der Waals surface area contributed by atoms with Gasteiger partial charge in [0.2, 0.25) is 0 Å². The number of hydrogen-bond donors (Lipinski definition) is 2. The summed E-state index contributed by atoms with van der Waals surface area (Å²) in [5.41, 5.74) is 3.35. The molecule has 1 aromatic carbocycles. The van der Waals surface area contributed by atoms with Gasteiger partial charge >= 0.3 is 0 Å². The first kappa shape index (κ1) is 15.1. The van der Waals surface area contributed by atoms with Gasteiger partial charge in [-0.3, -0.25) is 11.3 Å². The summed E-state index contributed by atoms with van der Waals surface area (Å²) < 4.78 is 24.3. The van der Waals surface area contributed by atoms with E-state index in [0.29, 0.717) is 16.5 Å². The molecule has 1 fully saturated rings. The second-order valence-electron chi connectivity index (χ2n) is 4.72. The summed E-state index contributed by atoms with van der Waals surface area (Å²) in [6.07, 6.45) is 2.22. The van der Waals surface area contributed by atoms with E-state index >= 15 is 0 Å². The number of benzene rings is 1. The summed E-state index contributed by atoms with van der Waals surface area (Å²) in [6.45, 7) is 0. The van der Waals surface area contributed by atoms with Crippen molar-refractivity contribution in [2.75, 3.05) is 5.75 Å². The minimum atomic E-state index is -3.12.